The van der Waals surface area contributed by atoms with Gasteiger partial charge in [0.25, 0.3) is 0 Å². The highest BCUT2D eigenvalue weighted by molar-refractivity contribution is 6.36. The molecule has 1 aromatic rings. The number of carbonyl (C=O) groups excluding carboxylic acids is 1. The number of benzene rings is 1. The molecule has 1 unspecified atom stereocenters. The number of hydrogen-bond donors (Lipinski definition) is 0. The maximum absolute atomic E-state index is 11.7. The molecule has 0 saturated carbocycles. The molecule has 0 fully saturated rings. The SMILES string of the molecule is COC(C)CC(=O)Cc1c(Cl)cccc1Cl. The van der Waals surface area contributed by atoms with Gasteiger partial charge in [0.05, 0.1) is 6.10 Å². The van der Waals surface area contributed by atoms with Crippen molar-refractivity contribution in [1.82, 2.24) is 0 Å². The second-order valence-electron chi connectivity index (χ2n) is 3.67. The molecule has 0 spiro atoms. The van der Waals surface area contributed by atoms with Crippen LogP contribution in [0.3, 0.4) is 0 Å². The number of Topliss-reactive ketones (excluding diaryl/α,β-unsaturated/α-hetero) is 1. The van der Waals surface area contributed by atoms with Crippen LogP contribution >= 0.6 is 23.2 Å². The van der Waals surface area contributed by atoms with E-state index in [1.165, 1.54) is 0 Å². The molecule has 0 aliphatic carbocycles. The molecule has 1 rings (SSSR count). The zero-order valence-corrected chi connectivity index (χ0v) is 10.8. The molecule has 4 heteroatoms. The van der Waals surface area contributed by atoms with Crippen LogP contribution in [0.2, 0.25) is 10.0 Å². The Labute approximate surface area is 106 Å². The molecule has 0 amide bonds. The van der Waals surface area contributed by atoms with E-state index in [-0.39, 0.29) is 18.3 Å². The first-order chi connectivity index (χ1) is 7.54. The summed E-state index contributed by atoms with van der Waals surface area (Å²) in [5.74, 6) is 0.0735. The number of ether oxygens (including phenoxy) is 1. The van der Waals surface area contributed by atoms with E-state index in [0.717, 1.165) is 0 Å². The Morgan fingerprint density at radius 3 is 2.44 bits per heavy atom. The fraction of sp³-hybridized carbons (Fsp3) is 0.417. The van der Waals surface area contributed by atoms with Gasteiger partial charge in [0.1, 0.15) is 5.78 Å². The third-order valence-corrected chi connectivity index (χ3v) is 3.06. The number of carbonyl (C=O) groups is 1. The predicted octanol–water partition coefficient (Wildman–Crippen LogP) is 3.53. The standard InChI is InChI=1S/C12H14Cl2O2/c1-8(16-2)6-9(15)7-10-11(13)4-3-5-12(10)14/h3-5,8H,6-7H2,1-2H3. The van der Waals surface area contributed by atoms with Crippen LogP contribution in [0.1, 0.15) is 18.9 Å². The Hall–Kier alpha value is -0.570. The van der Waals surface area contributed by atoms with Crippen LogP contribution in [0.4, 0.5) is 0 Å². The van der Waals surface area contributed by atoms with Gasteiger partial charge in [0.15, 0.2) is 0 Å². The van der Waals surface area contributed by atoms with Crippen LogP contribution in [-0.2, 0) is 16.0 Å². The van der Waals surface area contributed by atoms with E-state index in [1.807, 2.05) is 6.92 Å². The minimum atomic E-state index is -0.0752. The molecule has 1 atom stereocenters. The first-order valence-electron chi connectivity index (χ1n) is 5.02. The van der Waals surface area contributed by atoms with Crippen molar-refractivity contribution in [2.24, 2.45) is 0 Å². The summed E-state index contributed by atoms with van der Waals surface area (Å²) in [5, 5.41) is 1.07. The molecule has 0 aliphatic heterocycles. The number of methoxy groups -OCH3 is 1. The van der Waals surface area contributed by atoms with Crippen molar-refractivity contribution in [3.63, 3.8) is 0 Å². The summed E-state index contributed by atoms with van der Waals surface area (Å²) in [5.41, 5.74) is 0.694. The Balaban J connectivity index is 2.70. The van der Waals surface area contributed by atoms with E-state index >= 15 is 0 Å². The normalized spacial score (nSPS) is 12.5. The first-order valence-corrected chi connectivity index (χ1v) is 5.77. The summed E-state index contributed by atoms with van der Waals surface area (Å²) < 4.78 is 5.03. The van der Waals surface area contributed by atoms with Gasteiger partial charge < -0.3 is 4.74 Å². The van der Waals surface area contributed by atoms with Crippen molar-refractivity contribution in [3.8, 4) is 0 Å². The molecule has 1 aromatic carbocycles. The average Bonchev–Trinajstić information content (AvgIpc) is 2.23. The number of rotatable bonds is 5. The zero-order chi connectivity index (χ0) is 12.1. The summed E-state index contributed by atoms with van der Waals surface area (Å²) in [6.45, 7) is 1.85. The van der Waals surface area contributed by atoms with Crippen molar-refractivity contribution >= 4 is 29.0 Å². The van der Waals surface area contributed by atoms with Crippen molar-refractivity contribution < 1.29 is 9.53 Å². The smallest absolute Gasteiger partial charge is 0.139 e. The highest BCUT2D eigenvalue weighted by atomic mass is 35.5. The molecule has 0 heterocycles. The molecule has 0 radical (unpaired) electrons. The van der Waals surface area contributed by atoms with E-state index in [2.05, 4.69) is 0 Å². The Morgan fingerprint density at radius 1 is 1.38 bits per heavy atom. The van der Waals surface area contributed by atoms with Crippen LogP contribution < -0.4 is 0 Å². The van der Waals surface area contributed by atoms with Crippen LogP contribution in [0.25, 0.3) is 0 Å². The Morgan fingerprint density at radius 2 is 1.94 bits per heavy atom. The molecule has 88 valence electrons. The predicted molar refractivity (Wildman–Crippen MR) is 66.3 cm³/mol. The highest BCUT2D eigenvalue weighted by Gasteiger charge is 2.13. The third-order valence-electron chi connectivity index (χ3n) is 2.35. The van der Waals surface area contributed by atoms with Gasteiger partial charge in [-0.1, -0.05) is 29.3 Å². The first kappa shape index (κ1) is 13.5. The number of halogens is 2. The van der Waals surface area contributed by atoms with Gasteiger partial charge in [-0.2, -0.15) is 0 Å². The largest absolute Gasteiger partial charge is 0.381 e. The lowest BCUT2D eigenvalue weighted by atomic mass is 10.0. The maximum atomic E-state index is 11.7. The van der Waals surface area contributed by atoms with Crippen LogP contribution in [0.15, 0.2) is 18.2 Å². The minimum Gasteiger partial charge on any atom is -0.381 e. The second-order valence-corrected chi connectivity index (χ2v) is 4.48. The summed E-state index contributed by atoms with van der Waals surface area (Å²) in [4.78, 5) is 11.7. The lowest BCUT2D eigenvalue weighted by molar-refractivity contribution is -0.120. The molecule has 0 aliphatic rings. The van der Waals surface area contributed by atoms with E-state index in [4.69, 9.17) is 27.9 Å². The number of hydrogen-bond acceptors (Lipinski definition) is 2. The van der Waals surface area contributed by atoms with Crippen molar-refractivity contribution in [3.05, 3.63) is 33.8 Å². The summed E-state index contributed by atoms with van der Waals surface area (Å²) in [7, 11) is 1.58. The van der Waals surface area contributed by atoms with Gasteiger partial charge in [0, 0.05) is 30.0 Å². The fourth-order valence-corrected chi connectivity index (χ4v) is 1.91. The molecule has 16 heavy (non-hydrogen) atoms. The zero-order valence-electron chi connectivity index (χ0n) is 9.30. The van der Waals surface area contributed by atoms with Crippen LogP contribution in [0, 0.1) is 0 Å². The monoisotopic (exact) mass is 260 g/mol. The lowest BCUT2D eigenvalue weighted by Crippen LogP contribution is -2.14. The van der Waals surface area contributed by atoms with Gasteiger partial charge in [0.2, 0.25) is 0 Å². The molecule has 2 nitrogen and oxygen atoms in total. The summed E-state index contributed by atoms with van der Waals surface area (Å²) in [6, 6.07) is 5.22. The molecular weight excluding hydrogens is 247 g/mol. The van der Waals surface area contributed by atoms with E-state index in [1.54, 1.807) is 25.3 Å². The second kappa shape index (κ2) is 6.24. The van der Waals surface area contributed by atoms with E-state index < -0.39 is 0 Å². The van der Waals surface area contributed by atoms with Gasteiger partial charge in [-0.25, -0.2) is 0 Å². The molecule has 0 aromatic heterocycles. The molecule has 0 N–H and O–H groups in total. The molecule has 0 saturated heterocycles. The molecular formula is C12H14Cl2O2. The maximum Gasteiger partial charge on any atom is 0.139 e. The topological polar surface area (TPSA) is 26.3 Å². The van der Waals surface area contributed by atoms with Crippen molar-refractivity contribution in [1.29, 1.82) is 0 Å². The van der Waals surface area contributed by atoms with Gasteiger partial charge in [-0.15, -0.1) is 0 Å². The fourth-order valence-electron chi connectivity index (χ4n) is 1.37. The van der Waals surface area contributed by atoms with E-state index in [0.29, 0.717) is 22.0 Å². The highest BCUT2D eigenvalue weighted by Crippen LogP contribution is 2.25. The Kier molecular flexibility index (Phi) is 5.26. The lowest BCUT2D eigenvalue weighted by Gasteiger charge is -2.09. The van der Waals surface area contributed by atoms with Gasteiger partial charge >= 0.3 is 0 Å². The minimum absolute atomic E-state index is 0.0735. The quantitative estimate of drug-likeness (QED) is 0.810. The van der Waals surface area contributed by atoms with Gasteiger partial charge in [-0.3, -0.25) is 4.79 Å². The summed E-state index contributed by atoms with van der Waals surface area (Å²) >= 11 is 12.0. The van der Waals surface area contributed by atoms with Crippen molar-refractivity contribution in [2.45, 2.75) is 25.9 Å². The third kappa shape index (κ3) is 3.78. The van der Waals surface area contributed by atoms with Crippen LogP contribution in [-0.4, -0.2) is 19.0 Å². The van der Waals surface area contributed by atoms with E-state index in [9.17, 15) is 4.79 Å². The van der Waals surface area contributed by atoms with Crippen molar-refractivity contribution in [2.75, 3.05) is 7.11 Å². The molecule has 0 bridgehead atoms. The summed E-state index contributed by atoms with van der Waals surface area (Å²) in [6.07, 6.45) is 0.554. The average molecular weight is 261 g/mol. The van der Waals surface area contributed by atoms with Crippen LogP contribution in [0.5, 0.6) is 0 Å². The van der Waals surface area contributed by atoms with Gasteiger partial charge in [-0.05, 0) is 24.6 Å². The Bertz CT molecular complexity index is 357. The number of ketones is 1.